The van der Waals surface area contributed by atoms with Gasteiger partial charge in [-0.3, -0.25) is 4.79 Å². The van der Waals surface area contributed by atoms with Gasteiger partial charge in [0.25, 0.3) is 0 Å². The summed E-state index contributed by atoms with van der Waals surface area (Å²) in [5.41, 5.74) is 6.94. The van der Waals surface area contributed by atoms with Crippen LogP contribution in [0.3, 0.4) is 0 Å². The number of hydrogen-bond donors (Lipinski definition) is 1. The van der Waals surface area contributed by atoms with E-state index in [2.05, 4.69) is 15.9 Å². The van der Waals surface area contributed by atoms with E-state index in [4.69, 9.17) is 22.1 Å². The summed E-state index contributed by atoms with van der Waals surface area (Å²) in [6.07, 6.45) is 0.166. The van der Waals surface area contributed by atoms with Gasteiger partial charge in [-0.05, 0) is 40.5 Å². The highest BCUT2D eigenvalue weighted by Gasteiger charge is 2.10. The van der Waals surface area contributed by atoms with Crippen molar-refractivity contribution in [2.75, 3.05) is 12.3 Å². The van der Waals surface area contributed by atoms with E-state index in [9.17, 15) is 4.79 Å². The van der Waals surface area contributed by atoms with Gasteiger partial charge in [-0.15, -0.1) is 0 Å². The van der Waals surface area contributed by atoms with Crippen LogP contribution in [0.25, 0.3) is 0 Å². The van der Waals surface area contributed by atoms with Gasteiger partial charge < -0.3 is 10.5 Å². The molecule has 0 fully saturated rings. The molecular weight excluding hydrogens is 281 g/mol. The highest BCUT2D eigenvalue weighted by Crippen LogP contribution is 2.28. The van der Waals surface area contributed by atoms with E-state index in [1.165, 1.54) is 0 Å². The topological polar surface area (TPSA) is 52.3 Å². The molecule has 5 heteroatoms. The van der Waals surface area contributed by atoms with Crippen molar-refractivity contribution in [1.29, 1.82) is 0 Å². The van der Waals surface area contributed by atoms with Crippen LogP contribution in [0, 0.1) is 0 Å². The molecule has 0 aliphatic carbocycles. The summed E-state index contributed by atoms with van der Waals surface area (Å²) in [4.78, 5) is 11.3. The van der Waals surface area contributed by atoms with Gasteiger partial charge in [0.2, 0.25) is 0 Å². The number of nitrogens with two attached hydrogens (primary N) is 1. The number of hydrogen-bond acceptors (Lipinski definition) is 3. The number of esters is 1. The van der Waals surface area contributed by atoms with Crippen molar-refractivity contribution in [2.45, 2.75) is 13.3 Å². The molecule has 3 nitrogen and oxygen atoms in total. The van der Waals surface area contributed by atoms with E-state index in [0.717, 1.165) is 5.56 Å². The first-order valence-electron chi connectivity index (χ1n) is 4.43. The summed E-state index contributed by atoms with van der Waals surface area (Å²) in [6, 6.07) is 3.32. The Balaban J connectivity index is 2.89. The van der Waals surface area contributed by atoms with Crippen LogP contribution in [-0.2, 0) is 16.0 Å². The zero-order valence-corrected chi connectivity index (χ0v) is 10.6. The van der Waals surface area contributed by atoms with Gasteiger partial charge in [-0.1, -0.05) is 11.6 Å². The van der Waals surface area contributed by atoms with Crippen LogP contribution in [0.2, 0.25) is 5.02 Å². The first kappa shape index (κ1) is 12.3. The lowest BCUT2D eigenvalue weighted by Crippen LogP contribution is -2.08. The molecule has 15 heavy (non-hydrogen) atoms. The number of nitrogen functional groups attached to an aromatic ring is 1. The molecule has 0 aliphatic rings. The molecule has 0 atom stereocenters. The van der Waals surface area contributed by atoms with Crippen molar-refractivity contribution in [3.63, 3.8) is 0 Å². The van der Waals surface area contributed by atoms with Gasteiger partial charge in [-0.2, -0.15) is 0 Å². The molecule has 0 saturated heterocycles. The van der Waals surface area contributed by atoms with Crippen molar-refractivity contribution >= 4 is 39.2 Å². The Morgan fingerprint density at radius 3 is 2.87 bits per heavy atom. The van der Waals surface area contributed by atoms with Crippen LogP contribution in [0.4, 0.5) is 5.69 Å². The van der Waals surface area contributed by atoms with Crippen LogP contribution >= 0.6 is 27.5 Å². The molecule has 0 aliphatic heterocycles. The Labute approximate surface area is 102 Å². The molecule has 82 valence electrons. The van der Waals surface area contributed by atoms with Crippen LogP contribution in [0.15, 0.2) is 16.6 Å². The summed E-state index contributed by atoms with van der Waals surface area (Å²) in [5.74, 6) is -0.292. The van der Waals surface area contributed by atoms with Crippen LogP contribution in [-0.4, -0.2) is 12.6 Å². The zero-order chi connectivity index (χ0) is 11.4. The number of ether oxygens (including phenoxy) is 1. The van der Waals surface area contributed by atoms with Gasteiger partial charge in [0, 0.05) is 15.2 Å². The number of carbonyl (C=O) groups is 1. The van der Waals surface area contributed by atoms with Crippen LogP contribution in [0.5, 0.6) is 0 Å². The fourth-order valence-electron chi connectivity index (χ4n) is 1.16. The monoisotopic (exact) mass is 291 g/mol. The summed E-state index contributed by atoms with van der Waals surface area (Å²) >= 11 is 9.13. The van der Waals surface area contributed by atoms with Gasteiger partial charge in [0.15, 0.2) is 0 Å². The second-order valence-corrected chi connectivity index (χ2v) is 4.18. The lowest BCUT2D eigenvalue weighted by Gasteiger charge is -2.07. The molecule has 1 aromatic carbocycles. The van der Waals surface area contributed by atoms with E-state index < -0.39 is 0 Å². The number of benzene rings is 1. The van der Waals surface area contributed by atoms with E-state index in [1.807, 2.05) is 0 Å². The van der Waals surface area contributed by atoms with Crippen molar-refractivity contribution < 1.29 is 9.53 Å². The second kappa shape index (κ2) is 5.37. The second-order valence-electron chi connectivity index (χ2n) is 2.95. The fraction of sp³-hybridized carbons (Fsp3) is 0.300. The van der Waals surface area contributed by atoms with E-state index in [-0.39, 0.29) is 12.4 Å². The number of rotatable bonds is 3. The highest BCUT2D eigenvalue weighted by molar-refractivity contribution is 9.10. The lowest BCUT2D eigenvalue weighted by atomic mass is 10.1. The van der Waals surface area contributed by atoms with Crippen molar-refractivity contribution in [3.05, 3.63) is 27.2 Å². The van der Waals surface area contributed by atoms with Crippen molar-refractivity contribution in [1.82, 2.24) is 0 Å². The lowest BCUT2D eigenvalue weighted by molar-refractivity contribution is -0.142. The summed E-state index contributed by atoms with van der Waals surface area (Å²) in [6.45, 7) is 2.13. The minimum Gasteiger partial charge on any atom is -0.466 e. The first-order valence-corrected chi connectivity index (χ1v) is 5.60. The summed E-state index contributed by atoms with van der Waals surface area (Å²) in [5, 5.41) is 0.509. The molecule has 0 bridgehead atoms. The Kier molecular flexibility index (Phi) is 4.42. The molecule has 0 saturated carbocycles. The molecule has 0 aromatic heterocycles. The quantitative estimate of drug-likeness (QED) is 0.688. The predicted octanol–water partition coefficient (Wildman–Crippen LogP) is 2.79. The summed E-state index contributed by atoms with van der Waals surface area (Å²) in [7, 11) is 0. The molecular formula is C10H11BrClNO2. The third-order valence-corrected chi connectivity index (χ3v) is 2.97. The number of anilines is 1. The Morgan fingerprint density at radius 2 is 2.27 bits per heavy atom. The maximum absolute atomic E-state index is 11.3. The number of carbonyl (C=O) groups excluding carboxylic acids is 1. The maximum Gasteiger partial charge on any atom is 0.310 e. The summed E-state index contributed by atoms with van der Waals surface area (Å²) < 4.78 is 5.53. The average Bonchev–Trinajstić information content (AvgIpc) is 2.13. The molecule has 0 radical (unpaired) electrons. The van der Waals surface area contributed by atoms with Gasteiger partial charge >= 0.3 is 5.97 Å². The molecule has 0 spiro atoms. The van der Waals surface area contributed by atoms with Crippen LogP contribution in [0.1, 0.15) is 12.5 Å². The van der Waals surface area contributed by atoms with E-state index >= 15 is 0 Å². The zero-order valence-electron chi connectivity index (χ0n) is 8.22. The minimum absolute atomic E-state index is 0.166. The molecule has 0 amide bonds. The van der Waals surface area contributed by atoms with E-state index in [1.54, 1.807) is 19.1 Å². The molecule has 1 aromatic rings. The SMILES string of the molecule is CCOC(=O)Cc1cc(Cl)cc(N)c1Br. The largest absolute Gasteiger partial charge is 0.466 e. The van der Waals surface area contributed by atoms with Crippen LogP contribution < -0.4 is 5.73 Å². The average molecular weight is 293 g/mol. The maximum atomic E-state index is 11.3. The Bertz CT molecular complexity index is 382. The van der Waals surface area contributed by atoms with E-state index in [0.29, 0.717) is 21.8 Å². The fourth-order valence-corrected chi connectivity index (χ4v) is 1.78. The van der Waals surface area contributed by atoms with Gasteiger partial charge in [0.05, 0.1) is 13.0 Å². The molecule has 0 unspecified atom stereocenters. The Hall–Kier alpha value is -0.740. The standard InChI is InChI=1S/C10H11BrClNO2/c1-2-15-9(14)4-6-3-7(12)5-8(13)10(6)11/h3,5H,2,4,13H2,1H3. The molecule has 2 N–H and O–H groups in total. The van der Waals surface area contributed by atoms with Gasteiger partial charge in [0.1, 0.15) is 0 Å². The molecule has 1 rings (SSSR count). The predicted molar refractivity (Wildman–Crippen MR) is 63.9 cm³/mol. The van der Waals surface area contributed by atoms with Crippen molar-refractivity contribution in [2.24, 2.45) is 0 Å². The normalized spacial score (nSPS) is 10.1. The number of halogens is 2. The Morgan fingerprint density at radius 1 is 1.60 bits per heavy atom. The third-order valence-electron chi connectivity index (χ3n) is 1.78. The van der Waals surface area contributed by atoms with Crippen molar-refractivity contribution in [3.8, 4) is 0 Å². The first-order chi connectivity index (χ1) is 7.04. The highest BCUT2D eigenvalue weighted by atomic mass is 79.9. The minimum atomic E-state index is -0.292. The van der Waals surface area contributed by atoms with Gasteiger partial charge in [-0.25, -0.2) is 0 Å². The third kappa shape index (κ3) is 3.39. The smallest absolute Gasteiger partial charge is 0.310 e. The molecule has 0 heterocycles.